The molecular formula is C18H20ClNO2. The smallest absolute Gasteiger partial charge is 0.220 e. The zero-order valence-electron chi connectivity index (χ0n) is 12.6. The Kier molecular flexibility index (Phi) is 6.28. The van der Waals surface area contributed by atoms with Crippen LogP contribution in [0.25, 0.3) is 0 Å². The number of carbonyl (C=O) groups excluding carboxylic acids is 1. The molecule has 0 fully saturated rings. The fraction of sp³-hybridized carbons (Fsp3) is 0.278. The van der Waals surface area contributed by atoms with Crippen molar-refractivity contribution in [1.29, 1.82) is 0 Å². The molecule has 3 nitrogen and oxygen atoms in total. The topological polar surface area (TPSA) is 38.3 Å². The molecule has 0 aliphatic heterocycles. The Balaban J connectivity index is 1.84. The molecule has 0 heterocycles. The maximum atomic E-state index is 12.0. The van der Waals surface area contributed by atoms with Crippen LogP contribution >= 0.6 is 11.6 Å². The number of rotatable bonds is 7. The first kappa shape index (κ1) is 16.4. The lowest BCUT2D eigenvalue weighted by molar-refractivity contribution is -0.121. The van der Waals surface area contributed by atoms with Crippen molar-refractivity contribution in [1.82, 2.24) is 5.32 Å². The van der Waals surface area contributed by atoms with Gasteiger partial charge in [0, 0.05) is 23.6 Å². The number of hydrogen-bond donors (Lipinski definition) is 1. The lowest BCUT2D eigenvalue weighted by atomic mass is 10.1. The van der Waals surface area contributed by atoms with Gasteiger partial charge in [-0.05, 0) is 31.0 Å². The van der Waals surface area contributed by atoms with E-state index in [1.54, 1.807) is 0 Å². The number of nitrogens with one attached hydrogen (secondary N) is 1. The lowest BCUT2D eigenvalue weighted by Gasteiger charge is -2.11. The van der Waals surface area contributed by atoms with E-state index < -0.39 is 0 Å². The summed E-state index contributed by atoms with van der Waals surface area (Å²) >= 11 is 6.09. The van der Waals surface area contributed by atoms with E-state index in [9.17, 15) is 4.79 Å². The number of halogens is 1. The summed E-state index contributed by atoms with van der Waals surface area (Å²) in [5.41, 5.74) is 1.98. The first-order valence-corrected chi connectivity index (χ1v) is 7.79. The SMILES string of the molecule is CCOc1ccccc1CNC(=O)CCc1ccccc1Cl. The average molecular weight is 318 g/mol. The molecule has 0 unspecified atom stereocenters. The van der Waals surface area contributed by atoms with Crippen LogP contribution in [0.15, 0.2) is 48.5 Å². The van der Waals surface area contributed by atoms with E-state index in [2.05, 4.69) is 5.32 Å². The van der Waals surface area contributed by atoms with Crippen LogP contribution in [0, 0.1) is 0 Å². The molecule has 0 saturated heterocycles. The second-order valence-electron chi connectivity index (χ2n) is 4.91. The zero-order chi connectivity index (χ0) is 15.8. The Hall–Kier alpha value is -2.00. The van der Waals surface area contributed by atoms with Crippen LogP contribution in [0.2, 0.25) is 5.02 Å². The third-order valence-electron chi connectivity index (χ3n) is 3.33. The van der Waals surface area contributed by atoms with Crippen molar-refractivity contribution in [2.24, 2.45) is 0 Å². The molecule has 1 amide bonds. The molecule has 2 rings (SSSR count). The summed E-state index contributed by atoms with van der Waals surface area (Å²) in [5, 5.41) is 3.63. The Morgan fingerprint density at radius 2 is 1.77 bits per heavy atom. The number of para-hydroxylation sites is 1. The minimum Gasteiger partial charge on any atom is -0.494 e. The first-order valence-electron chi connectivity index (χ1n) is 7.41. The van der Waals surface area contributed by atoms with Crippen LogP contribution in [0.5, 0.6) is 5.75 Å². The van der Waals surface area contributed by atoms with Gasteiger partial charge in [-0.15, -0.1) is 0 Å². The first-order chi connectivity index (χ1) is 10.7. The summed E-state index contributed by atoms with van der Waals surface area (Å²) in [5.74, 6) is 0.822. The molecule has 0 bridgehead atoms. The molecule has 4 heteroatoms. The van der Waals surface area contributed by atoms with E-state index in [1.807, 2.05) is 55.5 Å². The Morgan fingerprint density at radius 1 is 1.09 bits per heavy atom. The second-order valence-corrected chi connectivity index (χ2v) is 5.32. The quantitative estimate of drug-likeness (QED) is 0.838. The fourth-order valence-corrected chi connectivity index (χ4v) is 2.41. The van der Waals surface area contributed by atoms with E-state index in [0.29, 0.717) is 31.0 Å². The molecule has 0 saturated carbocycles. The van der Waals surface area contributed by atoms with Crippen LogP contribution < -0.4 is 10.1 Å². The van der Waals surface area contributed by atoms with E-state index >= 15 is 0 Å². The maximum Gasteiger partial charge on any atom is 0.220 e. The van der Waals surface area contributed by atoms with Crippen molar-refractivity contribution < 1.29 is 9.53 Å². The zero-order valence-corrected chi connectivity index (χ0v) is 13.4. The van der Waals surface area contributed by atoms with Gasteiger partial charge in [0.15, 0.2) is 0 Å². The number of benzene rings is 2. The summed E-state index contributed by atoms with van der Waals surface area (Å²) in [4.78, 5) is 12.0. The summed E-state index contributed by atoms with van der Waals surface area (Å²) in [7, 11) is 0. The third-order valence-corrected chi connectivity index (χ3v) is 3.70. The molecule has 2 aromatic rings. The van der Waals surface area contributed by atoms with Gasteiger partial charge in [0.25, 0.3) is 0 Å². The van der Waals surface area contributed by atoms with E-state index in [4.69, 9.17) is 16.3 Å². The Bertz CT molecular complexity index is 628. The van der Waals surface area contributed by atoms with Crippen molar-refractivity contribution >= 4 is 17.5 Å². The van der Waals surface area contributed by atoms with Gasteiger partial charge in [0.2, 0.25) is 5.91 Å². The largest absolute Gasteiger partial charge is 0.494 e. The standard InChI is InChI=1S/C18H20ClNO2/c1-2-22-17-10-6-4-8-15(17)13-20-18(21)12-11-14-7-3-5-9-16(14)19/h3-10H,2,11-13H2,1H3,(H,20,21). The van der Waals surface area contributed by atoms with Crippen molar-refractivity contribution in [3.63, 3.8) is 0 Å². The molecule has 0 aliphatic rings. The van der Waals surface area contributed by atoms with Gasteiger partial charge in [-0.3, -0.25) is 4.79 Å². The molecule has 0 aromatic heterocycles. The minimum absolute atomic E-state index is 0.00576. The molecule has 2 aromatic carbocycles. The van der Waals surface area contributed by atoms with Crippen LogP contribution in [0.1, 0.15) is 24.5 Å². The number of amides is 1. The van der Waals surface area contributed by atoms with Gasteiger partial charge in [0.1, 0.15) is 5.75 Å². The summed E-state index contributed by atoms with van der Waals surface area (Å²) in [6.07, 6.45) is 1.05. The predicted molar refractivity (Wildman–Crippen MR) is 89.2 cm³/mol. The highest BCUT2D eigenvalue weighted by molar-refractivity contribution is 6.31. The van der Waals surface area contributed by atoms with Crippen molar-refractivity contribution in [2.45, 2.75) is 26.3 Å². The minimum atomic E-state index is 0.00576. The molecule has 0 aliphatic carbocycles. The molecule has 0 radical (unpaired) electrons. The summed E-state index contributed by atoms with van der Waals surface area (Å²) in [6, 6.07) is 15.3. The van der Waals surface area contributed by atoms with Gasteiger partial charge in [-0.2, -0.15) is 0 Å². The highest BCUT2D eigenvalue weighted by atomic mass is 35.5. The maximum absolute atomic E-state index is 12.0. The van der Waals surface area contributed by atoms with Crippen LogP contribution in [0.4, 0.5) is 0 Å². The highest BCUT2D eigenvalue weighted by Crippen LogP contribution is 2.18. The van der Waals surface area contributed by atoms with Crippen molar-refractivity contribution in [3.05, 3.63) is 64.7 Å². The van der Waals surface area contributed by atoms with Crippen LogP contribution in [-0.4, -0.2) is 12.5 Å². The molecule has 0 atom stereocenters. The second kappa shape index (κ2) is 8.44. The number of aryl methyl sites for hydroxylation is 1. The molecule has 116 valence electrons. The summed E-state index contributed by atoms with van der Waals surface area (Å²) in [6.45, 7) is 3.02. The average Bonchev–Trinajstić information content (AvgIpc) is 2.53. The van der Waals surface area contributed by atoms with Crippen LogP contribution in [0.3, 0.4) is 0 Å². The number of carbonyl (C=O) groups is 1. The molecule has 22 heavy (non-hydrogen) atoms. The van der Waals surface area contributed by atoms with Gasteiger partial charge in [-0.25, -0.2) is 0 Å². The Labute approximate surface area is 136 Å². The third kappa shape index (κ3) is 4.78. The van der Waals surface area contributed by atoms with Gasteiger partial charge in [0.05, 0.1) is 6.61 Å². The van der Waals surface area contributed by atoms with Crippen LogP contribution in [-0.2, 0) is 17.8 Å². The molecule has 0 spiro atoms. The van der Waals surface area contributed by atoms with E-state index in [1.165, 1.54) is 0 Å². The lowest BCUT2D eigenvalue weighted by Crippen LogP contribution is -2.23. The summed E-state index contributed by atoms with van der Waals surface area (Å²) < 4.78 is 5.55. The predicted octanol–water partition coefficient (Wildman–Crippen LogP) is 3.99. The van der Waals surface area contributed by atoms with Gasteiger partial charge < -0.3 is 10.1 Å². The van der Waals surface area contributed by atoms with E-state index in [-0.39, 0.29) is 5.91 Å². The van der Waals surface area contributed by atoms with Crippen molar-refractivity contribution in [3.8, 4) is 5.75 Å². The fourth-order valence-electron chi connectivity index (χ4n) is 2.18. The highest BCUT2D eigenvalue weighted by Gasteiger charge is 2.07. The molecular weight excluding hydrogens is 298 g/mol. The number of ether oxygens (including phenoxy) is 1. The van der Waals surface area contributed by atoms with Gasteiger partial charge in [-0.1, -0.05) is 48.0 Å². The number of hydrogen-bond acceptors (Lipinski definition) is 2. The van der Waals surface area contributed by atoms with Crippen molar-refractivity contribution in [2.75, 3.05) is 6.61 Å². The van der Waals surface area contributed by atoms with Gasteiger partial charge >= 0.3 is 0 Å². The Morgan fingerprint density at radius 3 is 2.50 bits per heavy atom. The normalized spacial score (nSPS) is 10.3. The van der Waals surface area contributed by atoms with E-state index in [0.717, 1.165) is 16.9 Å². The monoisotopic (exact) mass is 317 g/mol. The molecule has 1 N–H and O–H groups in total.